The van der Waals surface area contributed by atoms with Gasteiger partial charge in [0.05, 0.1) is 0 Å². The molecule has 0 unspecified atom stereocenters. The van der Waals surface area contributed by atoms with Crippen molar-refractivity contribution in [3.05, 3.63) is 30.1 Å². The lowest BCUT2D eigenvalue weighted by Crippen LogP contribution is -2.50. The van der Waals surface area contributed by atoms with Crippen molar-refractivity contribution < 1.29 is 23.8 Å². The third kappa shape index (κ3) is 7.32. The lowest BCUT2D eigenvalue weighted by Gasteiger charge is -2.37. The van der Waals surface area contributed by atoms with Crippen LogP contribution in [-0.2, 0) is 9.53 Å². The van der Waals surface area contributed by atoms with Crippen molar-refractivity contribution in [3.63, 3.8) is 0 Å². The molecule has 0 radical (unpaired) electrons. The Hall–Kier alpha value is -2.35. The molecule has 0 spiro atoms. The average Bonchev–Trinajstić information content (AvgIpc) is 3.06. The van der Waals surface area contributed by atoms with E-state index in [-0.39, 0.29) is 23.8 Å². The summed E-state index contributed by atoms with van der Waals surface area (Å²) >= 11 is 0. The van der Waals surface area contributed by atoms with E-state index in [1.54, 1.807) is 4.90 Å². The van der Waals surface area contributed by atoms with Crippen molar-refractivity contribution in [3.8, 4) is 5.75 Å². The van der Waals surface area contributed by atoms with Gasteiger partial charge in [0, 0.05) is 44.8 Å². The number of likely N-dealkylation sites (tertiary alicyclic amines) is 1. The third-order valence-electron chi connectivity index (χ3n) is 6.41. The number of phenolic OH excluding ortho intramolecular Hbond substituents is 1. The van der Waals surface area contributed by atoms with Crippen molar-refractivity contribution in [1.29, 1.82) is 0 Å². The summed E-state index contributed by atoms with van der Waals surface area (Å²) in [7, 11) is 0. The number of rotatable bonds is 2. The molecule has 1 N–H and O–H groups in total. The molecule has 0 aromatic heterocycles. The lowest BCUT2D eigenvalue weighted by molar-refractivity contribution is -0.135. The monoisotopic (exact) mass is 463 g/mol. The van der Waals surface area contributed by atoms with Crippen molar-refractivity contribution in [1.82, 2.24) is 14.7 Å². The first-order chi connectivity index (χ1) is 15.6. The van der Waals surface area contributed by atoms with Crippen molar-refractivity contribution in [2.24, 2.45) is 0 Å². The van der Waals surface area contributed by atoms with E-state index in [9.17, 15) is 14.0 Å². The molecule has 0 bridgehead atoms. The molecule has 4 rings (SSSR count). The fraction of sp³-hybridized carbons (Fsp3) is 0.680. The minimum atomic E-state index is -0.529. The highest BCUT2D eigenvalue weighted by molar-refractivity contribution is 5.86. The Labute approximate surface area is 196 Å². The molecule has 3 fully saturated rings. The Morgan fingerprint density at radius 3 is 2.33 bits per heavy atom. The molecule has 1 aromatic rings. The van der Waals surface area contributed by atoms with Crippen LogP contribution in [0.15, 0.2) is 24.3 Å². The first-order valence-corrected chi connectivity index (χ1v) is 12.1. The summed E-state index contributed by atoms with van der Waals surface area (Å²) in [6, 6.07) is 5.60. The molecule has 2 heterocycles. The van der Waals surface area contributed by atoms with Crippen LogP contribution < -0.4 is 0 Å². The highest BCUT2D eigenvalue weighted by Gasteiger charge is 2.39. The number of carbonyl (C=O) groups excluding carboxylic acids is 2. The van der Waals surface area contributed by atoms with Crippen molar-refractivity contribution in [2.45, 2.75) is 77.0 Å². The SMILES string of the molecule is CC(C)(C)OC(=O)N1CCC[C@@H]1C(=O)N1CCCN(C2CCC2)CC1.Oc1cccc(F)c1. The summed E-state index contributed by atoms with van der Waals surface area (Å²) < 4.78 is 17.5. The second kappa shape index (κ2) is 11.2. The summed E-state index contributed by atoms with van der Waals surface area (Å²) in [6.07, 6.45) is 6.26. The van der Waals surface area contributed by atoms with E-state index < -0.39 is 11.4 Å². The van der Waals surface area contributed by atoms with Gasteiger partial charge in [0.15, 0.2) is 0 Å². The first kappa shape index (κ1) is 25.3. The smallest absolute Gasteiger partial charge is 0.410 e. The number of halogens is 1. The Bertz CT molecular complexity index is 792. The predicted molar refractivity (Wildman–Crippen MR) is 124 cm³/mol. The van der Waals surface area contributed by atoms with Crippen LogP contribution in [-0.4, -0.2) is 82.2 Å². The molecule has 2 amide bonds. The van der Waals surface area contributed by atoms with Gasteiger partial charge in [-0.05, 0) is 65.0 Å². The number of carbonyl (C=O) groups is 2. The van der Waals surface area contributed by atoms with E-state index in [4.69, 9.17) is 9.84 Å². The highest BCUT2D eigenvalue weighted by Crippen LogP contribution is 2.27. The maximum atomic E-state index is 13.1. The van der Waals surface area contributed by atoms with Crippen LogP contribution in [0.4, 0.5) is 9.18 Å². The summed E-state index contributed by atoms with van der Waals surface area (Å²) in [5.41, 5.74) is -0.529. The molecule has 1 aliphatic carbocycles. The lowest BCUT2D eigenvalue weighted by atomic mass is 9.91. The van der Waals surface area contributed by atoms with Crippen LogP contribution in [0.5, 0.6) is 5.75 Å². The molecule has 2 aliphatic heterocycles. The van der Waals surface area contributed by atoms with E-state index >= 15 is 0 Å². The van der Waals surface area contributed by atoms with E-state index in [0.717, 1.165) is 57.5 Å². The van der Waals surface area contributed by atoms with Gasteiger partial charge in [0.1, 0.15) is 23.2 Å². The zero-order chi connectivity index (χ0) is 24.0. The molecule has 7 nitrogen and oxygen atoms in total. The molecule has 1 aromatic carbocycles. The quantitative estimate of drug-likeness (QED) is 0.718. The summed E-state index contributed by atoms with van der Waals surface area (Å²) in [5, 5.41) is 8.57. The van der Waals surface area contributed by atoms with Gasteiger partial charge in [-0.25, -0.2) is 9.18 Å². The maximum Gasteiger partial charge on any atom is 0.410 e. The van der Waals surface area contributed by atoms with Crippen LogP contribution in [0.1, 0.15) is 59.3 Å². The minimum Gasteiger partial charge on any atom is -0.508 e. The number of hydrogen-bond acceptors (Lipinski definition) is 5. The normalized spacial score (nSPS) is 22.1. The van der Waals surface area contributed by atoms with Gasteiger partial charge in [-0.1, -0.05) is 12.5 Å². The standard InChI is InChI=1S/C19H33N3O3.C6H5FO/c1-19(2,3)25-18(24)22-12-5-9-16(22)17(23)21-11-6-10-20(13-14-21)15-7-4-8-15;7-5-2-1-3-6(8)4-5/h15-16H,4-14H2,1-3H3;1-4,8H/t16-;/m1./s1. The highest BCUT2D eigenvalue weighted by atomic mass is 19.1. The predicted octanol–water partition coefficient (Wildman–Crippen LogP) is 4.00. The maximum absolute atomic E-state index is 13.1. The number of ether oxygens (including phenoxy) is 1. The van der Waals surface area contributed by atoms with Crippen LogP contribution in [0, 0.1) is 5.82 Å². The van der Waals surface area contributed by atoms with Crippen molar-refractivity contribution >= 4 is 12.0 Å². The number of phenols is 1. The Morgan fingerprint density at radius 2 is 1.76 bits per heavy atom. The molecule has 33 heavy (non-hydrogen) atoms. The Morgan fingerprint density at radius 1 is 1.00 bits per heavy atom. The van der Waals surface area contributed by atoms with Crippen LogP contribution >= 0.6 is 0 Å². The number of aromatic hydroxyl groups is 1. The molecule has 1 saturated carbocycles. The van der Waals surface area contributed by atoms with Crippen LogP contribution in [0.3, 0.4) is 0 Å². The molecular formula is C25H38FN3O4. The van der Waals surface area contributed by atoms with Gasteiger partial charge < -0.3 is 14.7 Å². The van der Waals surface area contributed by atoms with Gasteiger partial charge in [-0.15, -0.1) is 0 Å². The van der Waals surface area contributed by atoms with E-state index in [0.29, 0.717) is 6.54 Å². The second-order valence-electron chi connectivity index (χ2n) is 10.1. The molecule has 8 heteroatoms. The third-order valence-corrected chi connectivity index (χ3v) is 6.41. The second-order valence-corrected chi connectivity index (χ2v) is 10.1. The number of hydrogen-bond donors (Lipinski definition) is 1. The molecule has 2 saturated heterocycles. The van der Waals surface area contributed by atoms with E-state index in [2.05, 4.69) is 4.90 Å². The van der Waals surface area contributed by atoms with Crippen LogP contribution in [0.2, 0.25) is 0 Å². The number of amides is 2. The minimum absolute atomic E-state index is 0.0370. The molecular weight excluding hydrogens is 425 g/mol. The fourth-order valence-corrected chi connectivity index (χ4v) is 4.52. The largest absolute Gasteiger partial charge is 0.508 e. The summed E-state index contributed by atoms with van der Waals surface area (Å²) in [4.78, 5) is 31.7. The van der Waals surface area contributed by atoms with E-state index in [1.807, 2.05) is 25.7 Å². The number of nitrogens with zero attached hydrogens (tertiary/aromatic N) is 3. The summed E-state index contributed by atoms with van der Waals surface area (Å²) in [5.74, 6) is -0.339. The van der Waals surface area contributed by atoms with Crippen LogP contribution in [0.25, 0.3) is 0 Å². The van der Waals surface area contributed by atoms with Gasteiger partial charge >= 0.3 is 6.09 Å². The topological polar surface area (TPSA) is 73.3 Å². The van der Waals surface area contributed by atoms with E-state index in [1.165, 1.54) is 37.5 Å². The number of benzene rings is 1. The van der Waals surface area contributed by atoms with Gasteiger partial charge in [-0.3, -0.25) is 14.6 Å². The molecule has 3 aliphatic rings. The van der Waals surface area contributed by atoms with Gasteiger partial charge in [0.2, 0.25) is 5.91 Å². The zero-order valence-corrected chi connectivity index (χ0v) is 20.1. The fourth-order valence-electron chi connectivity index (χ4n) is 4.52. The summed E-state index contributed by atoms with van der Waals surface area (Å²) in [6.45, 7) is 9.86. The Balaban J connectivity index is 0.000000323. The molecule has 1 atom stereocenters. The Kier molecular flexibility index (Phi) is 8.57. The zero-order valence-electron chi connectivity index (χ0n) is 20.1. The first-order valence-electron chi connectivity index (χ1n) is 12.1. The van der Waals surface area contributed by atoms with Gasteiger partial charge in [-0.2, -0.15) is 0 Å². The molecule has 184 valence electrons. The van der Waals surface area contributed by atoms with Gasteiger partial charge in [0.25, 0.3) is 0 Å². The average molecular weight is 464 g/mol. The van der Waals surface area contributed by atoms with Crippen molar-refractivity contribution in [2.75, 3.05) is 32.7 Å².